The van der Waals surface area contributed by atoms with Gasteiger partial charge in [0.25, 0.3) is 5.91 Å². The Balaban J connectivity index is 1.62. The van der Waals surface area contributed by atoms with Crippen molar-refractivity contribution >= 4 is 21.6 Å². The van der Waals surface area contributed by atoms with Crippen LogP contribution in [0.4, 0.5) is 10.1 Å². The van der Waals surface area contributed by atoms with E-state index in [0.717, 1.165) is 0 Å². The molecular weight excluding hydrogens is 387 g/mol. The highest BCUT2D eigenvalue weighted by Crippen LogP contribution is 2.20. The number of amides is 1. The molecule has 1 saturated heterocycles. The first kappa shape index (κ1) is 20.2. The summed E-state index contributed by atoms with van der Waals surface area (Å²) >= 11 is 0. The first-order valence-electron chi connectivity index (χ1n) is 8.77. The van der Waals surface area contributed by atoms with Gasteiger partial charge >= 0.3 is 0 Å². The summed E-state index contributed by atoms with van der Waals surface area (Å²) in [6, 6.07) is 11.4. The van der Waals surface area contributed by atoms with E-state index in [1.165, 1.54) is 53.7 Å². The number of nitrogens with zero attached hydrogens (tertiary/aromatic N) is 1. The molecule has 0 saturated carbocycles. The average Bonchev–Trinajstić information content (AvgIpc) is 2.69. The van der Waals surface area contributed by atoms with Gasteiger partial charge < -0.3 is 14.8 Å². The molecule has 1 N–H and O–H groups in total. The van der Waals surface area contributed by atoms with Crippen LogP contribution in [0.3, 0.4) is 0 Å². The fourth-order valence-corrected chi connectivity index (χ4v) is 4.10. The van der Waals surface area contributed by atoms with Crippen molar-refractivity contribution in [3.63, 3.8) is 0 Å². The van der Waals surface area contributed by atoms with Gasteiger partial charge in [-0.3, -0.25) is 4.79 Å². The first-order valence-corrected chi connectivity index (χ1v) is 10.2. The Morgan fingerprint density at radius 2 is 1.86 bits per heavy atom. The standard InChI is InChI=1S/C19H21FN2O5S/c1-14(27-17-4-2-3-15(20)13-17)19(23)21-16-5-7-18(8-6-16)28(24,25)22-9-11-26-12-10-22/h2-8,13-14H,9-12H2,1H3,(H,21,23)/t14-/m0/s1. The van der Waals surface area contributed by atoms with Crippen LogP contribution in [-0.2, 0) is 19.6 Å². The second-order valence-corrected chi connectivity index (χ2v) is 8.19. The van der Waals surface area contributed by atoms with Crippen molar-refractivity contribution in [1.29, 1.82) is 0 Å². The number of carbonyl (C=O) groups is 1. The minimum absolute atomic E-state index is 0.149. The Morgan fingerprint density at radius 3 is 2.50 bits per heavy atom. The summed E-state index contributed by atoms with van der Waals surface area (Å²) in [5.41, 5.74) is 0.431. The molecule has 1 aliphatic rings. The molecule has 1 amide bonds. The number of carbonyl (C=O) groups excluding carboxylic acids is 1. The largest absolute Gasteiger partial charge is 0.481 e. The molecule has 1 heterocycles. The number of anilines is 1. The Labute approximate surface area is 163 Å². The van der Waals surface area contributed by atoms with Gasteiger partial charge in [0.05, 0.1) is 18.1 Å². The summed E-state index contributed by atoms with van der Waals surface area (Å²) in [6.07, 6.45) is -0.862. The average molecular weight is 408 g/mol. The van der Waals surface area contributed by atoms with Crippen molar-refractivity contribution in [3.8, 4) is 5.75 Å². The van der Waals surface area contributed by atoms with E-state index in [-0.39, 0.29) is 10.6 Å². The maximum absolute atomic E-state index is 13.2. The third-order valence-electron chi connectivity index (χ3n) is 4.21. The normalized spacial score (nSPS) is 16.4. The molecule has 7 nitrogen and oxygen atoms in total. The maximum Gasteiger partial charge on any atom is 0.265 e. The van der Waals surface area contributed by atoms with Crippen LogP contribution in [0.5, 0.6) is 5.75 Å². The van der Waals surface area contributed by atoms with Gasteiger partial charge in [0.1, 0.15) is 11.6 Å². The topological polar surface area (TPSA) is 84.9 Å². The fourth-order valence-electron chi connectivity index (χ4n) is 2.69. The molecule has 0 aromatic heterocycles. The van der Waals surface area contributed by atoms with E-state index in [4.69, 9.17) is 9.47 Å². The smallest absolute Gasteiger partial charge is 0.265 e. The van der Waals surface area contributed by atoms with Crippen molar-refractivity contribution in [2.24, 2.45) is 0 Å². The van der Waals surface area contributed by atoms with Crippen molar-refractivity contribution < 1.29 is 27.1 Å². The highest BCUT2D eigenvalue weighted by atomic mass is 32.2. The summed E-state index contributed by atoms with van der Waals surface area (Å²) in [7, 11) is -3.59. The van der Waals surface area contributed by atoms with Crippen LogP contribution in [0.25, 0.3) is 0 Å². The van der Waals surface area contributed by atoms with E-state index < -0.39 is 27.9 Å². The van der Waals surface area contributed by atoms with E-state index in [0.29, 0.717) is 32.0 Å². The van der Waals surface area contributed by atoms with Gasteiger partial charge in [0.15, 0.2) is 6.10 Å². The number of morpholine rings is 1. The van der Waals surface area contributed by atoms with E-state index >= 15 is 0 Å². The number of halogens is 1. The maximum atomic E-state index is 13.2. The number of benzene rings is 2. The predicted molar refractivity (Wildman–Crippen MR) is 101 cm³/mol. The summed E-state index contributed by atoms with van der Waals surface area (Å²) < 4.78 is 50.4. The third-order valence-corrected chi connectivity index (χ3v) is 6.12. The van der Waals surface area contributed by atoms with Crippen LogP contribution < -0.4 is 10.1 Å². The van der Waals surface area contributed by atoms with Gasteiger partial charge in [0, 0.05) is 24.8 Å². The Bertz CT molecular complexity index is 928. The zero-order valence-electron chi connectivity index (χ0n) is 15.3. The van der Waals surface area contributed by atoms with E-state index in [1.54, 1.807) is 6.07 Å². The number of nitrogens with one attached hydrogen (secondary N) is 1. The van der Waals surface area contributed by atoms with Gasteiger partial charge in [-0.2, -0.15) is 4.31 Å². The zero-order valence-corrected chi connectivity index (χ0v) is 16.1. The van der Waals surface area contributed by atoms with E-state index in [2.05, 4.69) is 5.32 Å². The molecule has 0 bridgehead atoms. The molecular formula is C19H21FN2O5S. The SMILES string of the molecule is C[C@H](Oc1cccc(F)c1)C(=O)Nc1ccc(S(=O)(=O)N2CCOCC2)cc1. The van der Waals surface area contributed by atoms with Gasteiger partial charge in [0.2, 0.25) is 10.0 Å². The first-order chi connectivity index (χ1) is 13.4. The molecule has 3 rings (SSSR count). The van der Waals surface area contributed by atoms with Crippen molar-refractivity contribution in [2.75, 3.05) is 31.6 Å². The zero-order chi connectivity index (χ0) is 20.1. The number of rotatable bonds is 6. The lowest BCUT2D eigenvalue weighted by molar-refractivity contribution is -0.122. The van der Waals surface area contributed by atoms with Crippen LogP contribution in [0.2, 0.25) is 0 Å². The van der Waals surface area contributed by atoms with Crippen molar-refractivity contribution in [3.05, 3.63) is 54.3 Å². The number of hydrogen-bond donors (Lipinski definition) is 1. The molecule has 9 heteroatoms. The molecule has 28 heavy (non-hydrogen) atoms. The molecule has 1 aliphatic heterocycles. The molecule has 0 aliphatic carbocycles. The van der Waals surface area contributed by atoms with E-state index in [9.17, 15) is 17.6 Å². The van der Waals surface area contributed by atoms with Gasteiger partial charge in [-0.1, -0.05) is 6.07 Å². The highest BCUT2D eigenvalue weighted by molar-refractivity contribution is 7.89. The lowest BCUT2D eigenvalue weighted by Gasteiger charge is -2.26. The van der Waals surface area contributed by atoms with Gasteiger partial charge in [-0.05, 0) is 43.3 Å². The molecule has 1 fully saturated rings. The monoisotopic (exact) mass is 408 g/mol. The van der Waals surface area contributed by atoms with Crippen LogP contribution in [0.15, 0.2) is 53.4 Å². The Hall–Kier alpha value is -2.49. The van der Waals surface area contributed by atoms with Gasteiger partial charge in [-0.15, -0.1) is 0 Å². The molecule has 2 aromatic rings. The van der Waals surface area contributed by atoms with Crippen LogP contribution in [0.1, 0.15) is 6.92 Å². The highest BCUT2D eigenvalue weighted by Gasteiger charge is 2.26. The van der Waals surface area contributed by atoms with Crippen LogP contribution >= 0.6 is 0 Å². The lowest BCUT2D eigenvalue weighted by atomic mass is 10.3. The van der Waals surface area contributed by atoms with Crippen molar-refractivity contribution in [1.82, 2.24) is 4.31 Å². The molecule has 0 radical (unpaired) electrons. The minimum Gasteiger partial charge on any atom is -0.481 e. The third kappa shape index (κ3) is 4.86. The Morgan fingerprint density at radius 1 is 1.18 bits per heavy atom. The molecule has 150 valence electrons. The summed E-state index contributed by atoms with van der Waals surface area (Å²) in [6.45, 7) is 2.91. The number of sulfonamides is 1. The predicted octanol–water partition coefficient (Wildman–Crippen LogP) is 2.25. The van der Waals surface area contributed by atoms with Gasteiger partial charge in [-0.25, -0.2) is 12.8 Å². The molecule has 2 aromatic carbocycles. The summed E-state index contributed by atoms with van der Waals surface area (Å²) in [4.78, 5) is 12.4. The molecule has 0 unspecified atom stereocenters. The summed E-state index contributed by atoms with van der Waals surface area (Å²) in [5, 5.41) is 2.65. The van der Waals surface area contributed by atoms with Crippen LogP contribution in [0, 0.1) is 5.82 Å². The van der Waals surface area contributed by atoms with Crippen LogP contribution in [-0.4, -0.2) is 51.0 Å². The second kappa shape index (κ2) is 8.68. The van der Waals surface area contributed by atoms with E-state index in [1.807, 2.05) is 0 Å². The lowest BCUT2D eigenvalue weighted by Crippen LogP contribution is -2.40. The minimum atomic E-state index is -3.59. The number of hydrogen-bond acceptors (Lipinski definition) is 5. The fraction of sp³-hybridized carbons (Fsp3) is 0.316. The van der Waals surface area contributed by atoms with Crippen molar-refractivity contribution in [2.45, 2.75) is 17.9 Å². The molecule has 0 spiro atoms. The Kier molecular flexibility index (Phi) is 6.28. The summed E-state index contributed by atoms with van der Waals surface area (Å²) in [5.74, 6) is -0.648. The molecule has 1 atom stereocenters. The number of ether oxygens (including phenoxy) is 2. The second-order valence-electron chi connectivity index (χ2n) is 6.25. The quantitative estimate of drug-likeness (QED) is 0.793.